The Hall–Kier alpha value is -1.27. The molecule has 0 aliphatic rings. The van der Waals surface area contributed by atoms with Gasteiger partial charge in [-0.05, 0) is 40.9 Å². The number of aromatic nitrogens is 4. The molecular formula is C13H13BrN4S. The van der Waals surface area contributed by atoms with Crippen LogP contribution < -0.4 is 0 Å². The van der Waals surface area contributed by atoms with Gasteiger partial charge >= 0.3 is 0 Å². The van der Waals surface area contributed by atoms with Gasteiger partial charge in [0.1, 0.15) is 5.69 Å². The minimum atomic E-state index is 0.675. The molecule has 3 heterocycles. The van der Waals surface area contributed by atoms with E-state index in [1.807, 2.05) is 6.07 Å². The highest BCUT2D eigenvalue weighted by atomic mass is 79.9. The largest absolute Gasteiger partial charge is 0.284 e. The minimum Gasteiger partial charge on any atom is -0.284 e. The minimum absolute atomic E-state index is 0.675. The highest BCUT2D eigenvalue weighted by molar-refractivity contribution is 9.11. The number of fused-ring (bicyclic) bond motifs is 1. The maximum absolute atomic E-state index is 4.56. The Labute approximate surface area is 123 Å². The van der Waals surface area contributed by atoms with Gasteiger partial charge in [0.25, 0.3) is 5.78 Å². The predicted molar refractivity (Wildman–Crippen MR) is 80.6 cm³/mol. The maximum atomic E-state index is 4.56. The fourth-order valence-corrected chi connectivity index (χ4v) is 3.50. The van der Waals surface area contributed by atoms with E-state index in [4.69, 9.17) is 0 Å². The zero-order valence-electron chi connectivity index (χ0n) is 10.7. The lowest BCUT2D eigenvalue weighted by Crippen LogP contribution is -2.05. The molecule has 0 spiro atoms. The van der Waals surface area contributed by atoms with Crippen molar-refractivity contribution in [2.24, 2.45) is 0 Å². The maximum Gasteiger partial charge on any atom is 0.254 e. The van der Waals surface area contributed by atoms with Crippen LogP contribution in [0.4, 0.5) is 0 Å². The zero-order chi connectivity index (χ0) is 13.4. The van der Waals surface area contributed by atoms with E-state index >= 15 is 0 Å². The van der Waals surface area contributed by atoms with Crippen LogP contribution in [0.2, 0.25) is 0 Å². The smallest absolute Gasteiger partial charge is 0.254 e. The molecule has 3 rings (SSSR count). The number of imidazole rings is 1. The fraction of sp³-hybridized carbons (Fsp3) is 0.308. The van der Waals surface area contributed by atoms with Crippen LogP contribution in [0.5, 0.6) is 0 Å². The highest BCUT2D eigenvalue weighted by Crippen LogP contribution is 2.30. The molecule has 0 aliphatic heterocycles. The second kappa shape index (κ2) is 5.02. The SMILES string of the molecule is CCc1nnc2nc(-c3ccc(Br)s3)cn2c1CC. The van der Waals surface area contributed by atoms with Gasteiger partial charge in [0.15, 0.2) is 0 Å². The number of hydrogen-bond acceptors (Lipinski definition) is 4. The highest BCUT2D eigenvalue weighted by Gasteiger charge is 2.12. The normalized spacial score (nSPS) is 11.3. The van der Waals surface area contributed by atoms with E-state index in [1.54, 1.807) is 11.3 Å². The molecule has 0 unspecified atom stereocenters. The van der Waals surface area contributed by atoms with Crippen molar-refractivity contribution in [1.29, 1.82) is 0 Å². The monoisotopic (exact) mass is 336 g/mol. The molecule has 4 nitrogen and oxygen atoms in total. The number of thiophene rings is 1. The van der Waals surface area contributed by atoms with Crippen molar-refractivity contribution in [3.63, 3.8) is 0 Å². The van der Waals surface area contributed by atoms with E-state index in [9.17, 15) is 0 Å². The van der Waals surface area contributed by atoms with Crippen molar-refractivity contribution < 1.29 is 0 Å². The molecule has 0 amide bonds. The number of halogens is 1. The molecule has 3 aromatic heterocycles. The lowest BCUT2D eigenvalue weighted by Gasteiger charge is -2.05. The third kappa shape index (κ3) is 2.19. The predicted octanol–water partition coefficient (Wildman–Crippen LogP) is 3.74. The summed E-state index contributed by atoms with van der Waals surface area (Å²) in [5.41, 5.74) is 3.20. The Balaban J connectivity index is 2.20. The van der Waals surface area contributed by atoms with Gasteiger partial charge in [0, 0.05) is 11.9 Å². The van der Waals surface area contributed by atoms with E-state index in [2.05, 4.69) is 61.6 Å². The van der Waals surface area contributed by atoms with E-state index in [-0.39, 0.29) is 0 Å². The Morgan fingerprint density at radius 1 is 1.21 bits per heavy atom. The Bertz CT molecular complexity index is 731. The van der Waals surface area contributed by atoms with Crippen molar-refractivity contribution >= 4 is 33.0 Å². The first-order chi connectivity index (χ1) is 9.22. The molecule has 0 aromatic carbocycles. The molecule has 0 aliphatic carbocycles. The van der Waals surface area contributed by atoms with Crippen molar-refractivity contribution in [2.45, 2.75) is 26.7 Å². The molecule has 0 saturated heterocycles. The van der Waals surface area contributed by atoms with Crippen LogP contribution in [-0.2, 0) is 12.8 Å². The van der Waals surface area contributed by atoms with E-state index < -0.39 is 0 Å². The van der Waals surface area contributed by atoms with Gasteiger partial charge in [0.2, 0.25) is 0 Å². The molecule has 0 bridgehead atoms. The molecular weight excluding hydrogens is 324 g/mol. The van der Waals surface area contributed by atoms with E-state index in [1.165, 1.54) is 5.69 Å². The van der Waals surface area contributed by atoms with E-state index in [0.717, 1.165) is 32.9 Å². The van der Waals surface area contributed by atoms with Crippen molar-refractivity contribution in [3.05, 3.63) is 33.5 Å². The first-order valence-corrected chi connectivity index (χ1v) is 7.83. The molecule has 0 atom stereocenters. The number of hydrogen-bond donors (Lipinski definition) is 0. The summed E-state index contributed by atoms with van der Waals surface area (Å²) in [6.07, 6.45) is 3.88. The quantitative estimate of drug-likeness (QED) is 0.731. The topological polar surface area (TPSA) is 43.1 Å². The molecule has 3 aromatic rings. The van der Waals surface area contributed by atoms with Gasteiger partial charge in [-0.15, -0.1) is 16.4 Å². The molecule has 98 valence electrons. The van der Waals surface area contributed by atoms with Gasteiger partial charge in [-0.25, -0.2) is 4.98 Å². The standard InChI is InChI=1S/C13H13BrN4S/c1-3-8-10(4-2)18-7-9(15-13(18)17-16-8)11-5-6-12(14)19-11/h5-7H,3-4H2,1-2H3. The summed E-state index contributed by atoms with van der Waals surface area (Å²) in [6.45, 7) is 4.24. The van der Waals surface area contributed by atoms with Crippen LogP contribution in [0, 0.1) is 0 Å². The van der Waals surface area contributed by atoms with Gasteiger partial charge in [0.05, 0.1) is 14.4 Å². The van der Waals surface area contributed by atoms with Gasteiger partial charge in [-0.2, -0.15) is 5.10 Å². The number of nitrogens with zero attached hydrogens (tertiary/aromatic N) is 4. The average Bonchev–Trinajstić information content (AvgIpc) is 3.02. The lowest BCUT2D eigenvalue weighted by molar-refractivity contribution is 0.812. The Morgan fingerprint density at radius 3 is 2.68 bits per heavy atom. The van der Waals surface area contributed by atoms with Crippen LogP contribution in [-0.4, -0.2) is 19.6 Å². The summed E-state index contributed by atoms with van der Waals surface area (Å²) in [7, 11) is 0. The van der Waals surface area contributed by atoms with Crippen LogP contribution in [0.1, 0.15) is 25.2 Å². The third-order valence-electron chi connectivity index (χ3n) is 3.07. The molecule has 6 heteroatoms. The number of rotatable bonds is 3. The Kier molecular flexibility index (Phi) is 3.36. The molecule has 19 heavy (non-hydrogen) atoms. The second-order valence-corrected chi connectivity index (χ2v) is 6.66. The molecule has 0 fully saturated rings. The number of aryl methyl sites for hydroxylation is 2. The first kappa shape index (κ1) is 12.7. The average molecular weight is 337 g/mol. The zero-order valence-corrected chi connectivity index (χ0v) is 13.1. The van der Waals surface area contributed by atoms with E-state index in [0.29, 0.717) is 5.78 Å². The Morgan fingerprint density at radius 2 is 2.05 bits per heavy atom. The summed E-state index contributed by atoms with van der Waals surface area (Å²) in [5.74, 6) is 0.675. The van der Waals surface area contributed by atoms with Crippen LogP contribution in [0.15, 0.2) is 22.1 Å². The summed E-state index contributed by atoms with van der Waals surface area (Å²) < 4.78 is 3.17. The molecule has 0 saturated carbocycles. The van der Waals surface area contributed by atoms with Crippen molar-refractivity contribution in [3.8, 4) is 10.6 Å². The molecule has 0 N–H and O–H groups in total. The van der Waals surface area contributed by atoms with Crippen molar-refractivity contribution in [1.82, 2.24) is 19.6 Å². The van der Waals surface area contributed by atoms with Crippen LogP contribution in [0.25, 0.3) is 16.3 Å². The van der Waals surface area contributed by atoms with Gasteiger partial charge < -0.3 is 0 Å². The van der Waals surface area contributed by atoms with Crippen LogP contribution >= 0.6 is 27.3 Å². The van der Waals surface area contributed by atoms with Gasteiger partial charge in [-0.1, -0.05) is 13.8 Å². The second-order valence-electron chi connectivity index (χ2n) is 4.20. The van der Waals surface area contributed by atoms with Crippen molar-refractivity contribution in [2.75, 3.05) is 0 Å². The van der Waals surface area contributed by atoms with Crippen LogP contribution in [0.3, 0.4) is 0 Å². The molecule has 0 radical (unpaired) electrons. The summed E-state index contributed by atoms with van der Waals surface area (Å²) >= 11 is 5.15. The third-order valence-corrected chi connectivity index (χ3v) is 4.71. The summed E-state index contributed by atoms with van der Waals surface area (Å²) in [5, 5.41) is 8.48. The lowest BCUT2D eigenvalue weighted by atomic mass is 10.2. The first-order valence-electron chi connectivity index (χ1n) is 6.22. The van der Waals surface area contributed by atoms with Gasteiger partial charge in [-0.3, -0.25) is 4.40 Å². The summed E-state index contributed by atoms with van der Waals surface area (Å²) in [6, 6.07) is 4.10. The summed E-state index contributed by atoms with van der Waals surface area (Å²) in [4.78, 5) is 5.70. The fourth-order valence-electron chi connectivity index (χ4n) is 2.16.